The summed E-state index contributed by atoms with van der Waals surface area (Å²) in [4.78, 5) is 41.9. The summed E-state index contributed by atoms with van der Waals surface area (Å²) in [6.45, 7) is 0.527. The van der Waals surface area contributed by atoms with E-state index in [1.54, 1.807) is 0 Å². The number of aliphatic hydroxyl groups is 1. The highest BCUT2D eigenvalue weighted by Gasteiger charge is 2.52. The van der Waals surface area contributed by atoms with E-state index < -0.39 is 48.7 Å². The minimum atomic E-state index is -2.35. The Morgan fingerprint density at radius 2 is 0.786 bits per heavy atom. The molecular weight excluding hydrogens is 701 g/mol. The third-order valence-electron chi connectivity index (χ3n) is 10.4. The van der Waals surface area contributed by atoms with Gasteiger partial charge >= 0.3 is 17.9 Å². The summed E-state index contributed by atoms with van der Waals surface area (Å²) in [6.07, 6.45) is 16.5. The van der Waals surface area contributed by atoms with Crippen molar-refractivity contribution in [2.24, 2.45) is 5.41 Å². The van der Waals surface area contributed by atoms with E-state index >= 15 is 0 Å². The summed E-state index contributed by atoms with van der Waals surface area (Å²) in [5, 5.41) is 11.0. The van der Waals surface area contributed by atoms with E-state index in [0.29, 0.717) is 28.7 Å². The molecule has 56 heavy (non-hydrogen) atoms. The van der Waals surface area contributed by atoms with Crippen LogP contribution in [-0.4, -0.2) is 36.2 Å². The quantitative estimate of drug-likeness (QED) is 0.0279. The summed E-state index contributed by atoms with van der Waals surface area (Å²) in [5.74, 6) is -2.66. The fourth-order valence-electron chi connectivity index (χ4n) is 6.90. The molecule has 0 bridgehead atoms. The lowest BCUT2D eigenvalue weighted by molar-refractivity contribution is -0.187. The highest BCUT2D eigenvalue weighted by molar-refractivity contribution is 6.01. The summed E-state index contributed by atoms with van der Waals surface area (Å²) in [7, 11) is 0. The molecule has 4 aromatic carbocycles. The molecule has 0 atom stereocenters. The van der Waals surface area contributed by atoms with E-state index in [0.717, 1.165) is 19.3 Å². The van der Waals surface area contributed by atoms with E-state index in [1.807, 2.05) is 121 Å². The Kier molecular flexibility index (Phi) is 20.0. The van der Waals surface area contributed by atoms with Crippen molar-refractivity contribution in [3.8, 4) is 0 Å². The molecule has 7 heteroatoms. The first-order valence-corrected chi connectivity index (χ1v) is 20.9. The van der Waals surface area contributed by atoms with Crippen LogP contribution in [-0.2, 0) is 28.6 Å². The van der Waals surface area contributed by atoms with Crippen LogP contribution >= 0.6 is 0 Å². The average molecular weight is 763 g/mol. The first-order valence-electron chi connectivity index (χ1n) is 20.9. The van der Waals surface area contributed by atoms with Gasteiger partial charge in [0.1, 0.15) is 6.61 Å². The minimum Gasteiger partial charge on any atom is -0.464 e. The van der Waals surface area contributed by atoms with Crippen molar-refractivity contribution in [2.75, 3.05) is 13.2 Å². The van der Waals surface area contributed by atoms with E-state index in [4.69, 9.17) is 14.2 Å². The second-order valence-electron chi connectivity index (χ2n) is 14.8. The van der Waals surface area contributed by atoms with E-state index in [2.05, 4.69) is 6.92 Å². The third-order valence-corrected chi connectivity index (χ3v) is 10.4. The van der Waals surface area contributed by atoms with Crippen molar-refractivity contribution < 1.29 is 33.7 Å². The standard InChI is InChI=1S/C49H62O7/c1-2-3-4-5-6-7-8-9-10-11-12-13-14-15-28-37-44(51)54-39-49(38-50,47(52)55-45(40-29-20-16-21-30-40)41-31-22-17-23-32-41)48(53)56-46(42-33-24-18-25-34-42)43-35-26-19-27-36-43/h16-27,29-36,45-46,50H,2-15,28,37-39H2,1H3. The van der Waals surface area contributed by atoms with Crippen LogP contribution in [0.2, 0.25) is 0 Å². The zero-order chi connectivity index (χ0) is 39.7. The van der Waals surface area contributed by atoms with Gasteiger partial charge in [-0.2, -0.15) is 0 Å². The predicted molar refractivity (Wildman–Crippen MR) is 222 cm³/mol. The Morgan fingerprint density at radius 1 is 0.482 bits per heavy atom. The first kappa shape index (κ1) is 44.0. The largest absolute Gasteiger partial charge is 0.464 e. The molecule has 0 saturated carbocycles. The van der Waals surface area contributed by atoms with Crippen molar-refractivity contribution in [2.45, 2.75) is 122 Å². The highest BCUT2D eigenvalue weighted by Crippen LogP contribution is 2.34. The summed E-state index contributed by atoms with van der Waals surface area (Å²) >= 11 is 0. The van der Waals surface area contributed by atoms with Crippen LogP contribution < -0.4 is 0 Å². The van der Waals surface area contributed by atoms with Crippen LogP contribution in [0, 0.1) is 5.41 Å². The number of benzene rings is 4. The maximum Gasteiger partial charge on any atom is 0.330 e. The second-order valence-corrected chi connectivity index (χ2v) is 14.8. The highest BCUT2D eigenvalue weighted by atomic mass is 16.6. The number of carbonyl (C=O) groups is 3. The molecule has 4 aromatic rings. The number of aliphatic hydroxyl groups excluding tert-OH is 1. The van der Waals surface area contributed by atoms with E-state index in [1.165, 1.54) is 70.6 Å². The molecule has 7 nitrogen and oxygen atoms in total. The number of hydrogen-bond acceptors (Lipinski definition) is 7. The first-order chi connectivity index (χ1) is 27.5. The number of hydrogen-bond donors (Lipinski definition) is 1. The number of ether oxygens (including phenoxy) is 3. The fraction of sp³-hybridized carbons (Fsp3) is 0.449. The van der Waals surface area contributed by atoms with Crippen LogP contribution in [0.4, 0.5) is 0 Å². The average Bonchev–Trinajstić information content (AvgIpc) is 3.24. The number of rotatable bonds is 27. The lowest BCUT2D eigenvalue weighted by Crippen LogP contribution is -2.49. The molecule has 0 spiro atoms. The topological polar surface area (TPSA) is 99.1 Å². The van der Waals surface area contributed by atoms with Gasteiger partial charge in [-0.25, -0.2) is 0 Å². The zero-order valence-corrected chi connectivity index (χ0v) is 33.3. The normalized spacial score (nSPS) is 11.4. The smallest absolute Gasteiger partial charge is 0.330 e. The van der Waals surface area contributed by atoms with Gasteiger partial charge in [-0.1, -0.05) is 218 Å². The Labute approximate surface area is 334 Å². The third kappa shape index (κ3) is 14.4. The van der Waals surface area contributed by atoms with Crippen LogP contribution in [0.1, 0.15) is 144 Å². The lowest BCUT2D eigenvalue weighted by atomic mass is 9.89. The van der Waals surface area contributed by atoms with Gasteiger partial charge in [0.2, 0.25) is 5.41 Å². The van der Waals surface area contributed by atoms with Crippen LogP contribution in [0.15, 0.2) is 121 Å². The molecule has 0 saturated heterocycles. The summed E-state index contributed by atoms with van der Waals surface area (Å²) < 4.78 is 17.9. The second kappa shape index (κ2) is 25.4. The molecule has 0 amide bonds. The molecule has 0 aliphatic heterocycles. The van der Waals surface area contributed by atoms with Crippen molar-refractivity contribution in [3.05, 3.63) is 144 Å². The SMILES string of the molecule is CCCCCCCCCCCCCCCCCC(=O)OCC(CO)(C(=O)OC(c1ccccc1)c1ccccc1)C(=O)OC(c1ccccc1)c1ccccc1. The van der Waals surface area contributed by atoms with E-state index in [9.17, 15) is 19.5 Å². The van der Waals surface area contributed by atoms with Crippen LogP contribution in [0.3, 0.4) is 0 Å². The molecule has 0 fully saturated rings. The van der Waals surface area contributed by atoms with Gasteiger partial charge < -0.3 is 19.3 Å². The van der Waals surface area contributed by atoms with Gasteiger partial charge in [-0.05, 0) is 28.7 Å². The van der Waals surface area contributed by atoms with Crippen molar-refractivity contribution in [3.63, 3.8) is 0 Å². The van der Waals surface area contributed by atoms with E-state index in [-0.39, 0.29) is 6.42 Å². The van der Waals surface area contributed by atoms with Crippen LogP contribution in [0.5, 0.6) is 0 Å². The van der Waals surface area contributed by atoms with Crippen molar-refractivity contribution in [1.82, 2.24) is 0 Å². The molecule has 0 heterocycles. The van der Waals surface area contributed by atoms with Gasteiger partial charge in [0.15, 0.2) is 12.2 Å². The Bertz CT molecular complexity index is 1480. The maximum absolute atomic E-state index is 14.4. The molecule has 0 aliphatic carbocycles. The van der Waals surface area contributed by atoms with Crippen LogP contribution in [0.25, 0.3) is 0 Å². The van der Waals surface area contributed by atoms with Gasteiger partial charge in [-0.15, -0.1) is 0 Å². The molecule has 300 valence electrons. The minimum absolute atomic E-state index is 0.136. The maximum atomic E-state index is 14.4. The molecule has 0 radical (unpaired) electrons. The monoisotopic (exact) mass is 762 g/mol. The van der Waals surface area contributed by atoms with Crippen molar-refractivity contribution in [1.29, 1.82) is 0 Å². The fourth-order valence-corrected chi connectivity index (χ4v) is 6.90. The number of carbonyl (C=O) groups excluding carboxylic acids is 3. The van der Waals surface area contributed by atoms with Gasteiger partial charge in [0, 0.05) is 6.42 Å². The van der Waals surface area contributed by atoms with Crippen molar-refractivity contribution >= 4 is 17.9 Å². The predicted octanol–water partition coefficient (Wildman–Crippen LogP) is 11.4. The number of unbranched alkanes of at least 4 members (excludes halogenated alkanes) is 14. The molecule has 0 aromatic heterocycles. The Hall–Kier alpha value is -4.75. The molecule has 0 unspecified atom stereocenters. The molecule has 1 N–H and O–H groups in total. The summed E-state index contributed by atoms with van der Waals surface area (Å²) in [5.41, 5.74) is 0.328. The zero-order valence-electron chi connectivity index (χ0n) is 33.3. The molecule has 4 rings (SSSR count). The molecule has 0 aliphatic rings. The van der Waals surface area contributed by atoms with Gasteiger partial charge in [0.25, 0.3) is 0 Å². The van der Waals surface area contributed by atoms with Gasteiger partial charge in [-0.3, -0.25) is 14.4 Å². The molecular formula is C49H62O7. The van der Waals surface area contributed by atoms with Gasteiger partial charge in [0.05, 0.1) is 6.61 Å². The Balaban J connectivity index is 1.39. The number of esters is 3. The lowest BCUT2D eigenvalue weighted by Gasteiger charge is -2.31. The summed E-state index contributed by atoms with van der Waals surface area (Å²) in [6, 6.07) is 36.6. The Morgan fingerprint density at radius 3 is 1.09 bits per heavy atom.